The molecule has 0 saturated heterocycles. The third-order valence-corrected chi connectivity index (χ3v) is 5.37. The van der Waals surface area contributed by atoms with Crippen LogP contribution in [0.15, 0.2) is 78.9 Å². The van der Waals surface area contributed by atoms with Crippen molar-refractivity contribution in [3.63, 3.8) is 0 Å². The van der Waals surface area contributed by atoms with E-state index in [1.165, 1.54) is 39.5 Å². The highest BCUT2D eigenvalue weighted by Gasteiger charge is 2.20. The van der Waals surface area contributed by atoms with Gasteiger partial charge >= 0.3 is 5.97 Å². The number of hydrogen-bond acceptors (Lipinski definition) is 3. The lowest BCUT2D eigenvalue weighted by atomic mass is 9.96. The highest BCUT2D eigenvalue weighted by molar-refractivity contribution is 5.84. The summed E-state index contributed by atoms with van der Waals surface area (Å²) in [5.41, 5.74) is 8.00. The molecule has 4 rings (SSSR count). The van der Waals surface area contributed by atoms with Gasteiger partial charge in [0.1, 0.15) is 5.75 Å². The molecule has 0 spiro atoms. The Morgan fingerprint density at radius 2 is 1.60 bits per heavy atom. The predicted octanol–water partition coefficient (Wildman–Crippen LogP) is 6.20. The van der Waals surface area contributed by atoms with Gasteiger partial charge in [-0.1, -0.05) is 60.7 Å². The summed E-state index contributed by atoms with van der Waals surface area (Å²) in [5, 5.41) is 0. The lowest BCUT2D eigenvalue weighted by molar-refractivity contribution is -0.137. The molecular formula is C27H26O3. The maximum absolute atomic E-state index is 11.2. The number of fused-ring (bicyclic) bond motifs is 3. The third kappa shape index (κ3) is 4.46. The van der Waals surface area contributed by atoms with E-state index in [2.05, 4.69) is 54.6 Å². The quantitative estimate of drug-likeness (QED) is 0.201. The number of allylic oxidation sites excluding steroid dienone is 1. The molecule has 0 saturated carbocycles. The monoisotopic (exact) mass is 398 g/mol. The summed E-state index contributed by atoms with van der Waals surface area (Å²) in [7, 11) is 0. The van der Waals surface area contributed by atoms with Crippen molar-refractivity contribution in [2.75, 3.05) is 13.2 Å². The van der Waals surface area contributed by atoms with Crippen molar-refractivity contribution in [2.45, 2.75) is 26.2 Å². The molecule has 3 aromatic rings. The van der Waals surface area contributed by atoms with Crippen molar-refractivity contribution < 1.29 is 14.3 Å². The molecule has 3 heteroatoms. The van der Waals surface area contributed by atoms with Crippen LogP contribution in [-0.2, 0) is 16.0 Å². The van der Waals surface area contributed by atoms with Gasteiger partial charge in [0.15, 0.2) is 0 Å². The van der Waals surface area contributed by atoms with Gasteiger partial charge in [0.05, 0.1) is 13.2 Å². The highest BCUT2D eigenvalue weighted by atomic mass is 16.5. The summed E-state index contributed by atoms with van der Waals surface area (Å²) >= 11 is 0. The summed E-state index contributed by atoms with van der Waals surface area (Å²) in [5.74, 6) is 0.574. The zero-order valence-corrected chi connectivity index (χ0v) is 17.3. The van der Waals surface area contributed by atoms with Crippen LogP contribution < -0.4 is 4.74 Å². The third-order valence-electron chi connectivity index (χ3n) is 5.37. The number of hydrogen-bond donors (Lipinski definition) is 0. The Kier molecular flexibility index (Phi) is 6.29. The van der Waals surface area contributed by atoms with E-state index >= 15 is 0 Å². The predicted molar refractivity (Wildman–Crippen MR) is 121 cm³/mol. The Morgan fingerprint density at radius 3 is 2.43 bits per heavy atom. The van der Waals surface area contributed by atoms with Gasteiger partial charge in [-0.15, -0.1) is 0 Å². The molecule has 0 bridgehead atoms. The van der Waals surface area contributed by atoms with Crippen molar-refractivity contribution in [3.8, 4) is 28.0 Å². The molecule has 1 aliphatic rings. The van der Waals surface area contributed by atoms with Crippen LogP contribution in [0.4, 0.5) is 0 Å². The molecule has 1 aliphatic carbocycles. The number of carbonyl (C=O) groups is 1. The molecule has 152 valence electrons. The fraction of sp³-hybridized carbons (Fsp3) is 0.222. The highest BCUT2D eigenvalue weighted by Crippen LogP contribution is 2.41. The van der Waals surface area contributed by atoms with Gasteiger partial charge in [-0.25, -0.2) is 4.79 Å². The van der Waals surface area contributed by atoms with Gasteiger partial charge in [-0.3, -0.25) is 0 Å². The molecule has 0 atom stereocenters. The molecule has 0 heterocycles. The van der Waals surface area contributed by atoms with E-state index < -0.39 is 0 Å². The van der Waals surface area contributed by atoms with Gasteiger partial charge in [-0.2, -0.15) is 0 Å². The summed E-state index contributed by atoms with van der Waals surface area (Å²) in [4.78, 5) is 11.2. The van der Waals surface area contributed by atoms with E-state index in [1.807, 2.05) is 12.1 Å². The maximum Gasteiger partial charge on any atom is 0.330 e. The van der Waals surface area contributed by atoms with E-state index in [1.54, 1.807) is 13.0 Å². The second-order valence-corrected chi connectivity index (χ2v) is 7.41. The van der Waals surface area contributed by atoms with Crippen LogP contribution in [0, 0.1) is 0 Å². The average molecular weight is 399 g/mol. The number of unbranched alkanes of at least 4 members (excludes halogenated alkanes) is 1. The first-order valence-corrected chi connectivity index (χ1v) is 10.5. The average Bonchev–Trinajstić information content (AvgIpc) is 3.16. The first kappa shape index (κ1) is 20.0. The largest absolute Gasteiger partial charge is 0.494 e. The number of rotatable bonds is 8. The number of esters is 1. The second-order valence-electron chi connectivity index (χ2n) is 7.41. The first-order chi connectivity index (χ1) is 14.8. The smallest absolute Gasteiger partial charge is 0.330 e. The Balaban J connectivity index is 1.34. The Labute approximate surface area is 178 Å². The van der Waals surface area contributed by atoms with E-state index in [0.29, 0.717) is 13.2 Å². The van der Waals surface area contributed by atoms with Crippen LogP contribution in [0.5, 0.6) is 5.75 Å². The summed E-state index contributed by atoms with van der Waals surface area (Å²) in [6, 6.07) is 23.5. The summed E-state index contributed by atoms with van der Waals surface area (Å²) < 4.78 is 10.9. The molecule has 0 aliphatic heterocycles. The van der Waals surface area contributed by atoms with Gasteiger partial charge < -0.3 is 9.47 Å². The number of carbonyl (C=O) groups excluding carboxylic acids is 1. The normalized spacial score (nSPS) is 11.9. The minimum atomic E-state index is -0.287. The minimum Gasteiger partial charge on any atom is -0.494 e. The van der Waals surface area contributed by atoms with E-state index in [0.717, 1.165) is 25.0 Å². The van der Waals surface area contributed by atoms with Crippen molar-refractivity contribution in [2.24, 2.45) is 0 Å². The topological polar surface area (TPSA) is 35.5 Å². The lowest BCUT2D eigenvalue weighted by Crippen LogP contribution is -2.04. The molecule has 3 nitrogen and oxygen atoms in total. The van der Waals surface area contributed by atoms with Crippen LogP contribution >= 0.6 is 0 Å². The Hall–Kier alpha value is -3.33. The Bertz CT molecular complexity index is 1050. The SMILES string of the molecule is CC=CC(=O)OCCCCOc1ccc(-c2cccc3c2Cc2ccccc2-3)cc1. The molecule has 0 radical (unpaired) electrons. The zero-order chi connectivity index (χ0) is 20.8. The molecule has 0 unspecified atom stereocenters. The van der Waals surface area contributed by atoms with Crippen LogP contribution in [-0.4, -0.2) is 19.2 Å². The van der Waals surface area contributed by atoms with Crippen LogP contribution in [0.3, 0.4) is 0 Å². The zero-order valence-electron chi connectivity index (χ0n) is 17.3. The van der Waals surface area contributed by atoms with Gasteiger partial charge in [0, 0.05) is 6.08 Å². The molecular weight excluding hydrogens is 372 g/mol. The van der Waals surface area contributed by atoms with Crippen molar-refractivity contribution >= 4 is 5.97 Å². The second kappa shape index (κ2) is 9.45. The first-order valence-electron chi connectivity index (χ1n) is 10.5. The van der Waals surface area contributed by atoms with E-state index in [-0.39, 0.29) is 5.97 Å². The van der Waals surface area contributed by atoms with E-state index in [4.69, 9.17) is 9.47 Å². The lowest BCUT2D eigenvalue weighted by Gasteiger charge is -2.11. The molecule has 3 aromatic carbocycles. The van der Waals surface area contributed by atoms with Crippen LogP contribution in [0.1, 0.15) is 30.9 Å². The van der Waals surface area contributed by atoms with Crippen molar-refractivity contribution in [1.82, 2.24) is 0 Å². The van der Waals surface area contributed by atoms with E-state index in [9.17, 15) is 4.79 Å². The van der Waals surface area contributed by atoms with Crippen LogP contribution in [0.2, 0.25) is 0 Å². The molecule has 30 heavy (non-hydrogen) atoms. The standard InChI is InChI=1S/C27H26O3/c1-2-8-27(28)30-18-6-5-17-29-22-15-13-20(14-16-22)23-11-7-12-25-24-10-4-3-9-21(24)19-26(23)25/h2-4,7-16H,5-6,17-19H2,1H3. The van der Waals surface area contributed by atoms with Gasteiger partial charge in [0.2, 0.25) is 0 Å². The molecule has 0 aromatic heterocycles. The van der Waals surface area contributed by atoms with Crippen molar-refractivity contribution in [3.05, 3.63) is 90.0 Å². The van der Waals surface area contributed by atoms with Crippen LogP contribution in [0.25, 0.3) is 22.3 Å². The fourth-order valence-electron chi connectivity index (χ4n) is 3.91. The molecule has 0 fully saturated rings. The maximum atomic E-state index is 11.2. The number of ether oxygens (including phenoxy) is 2. The van der Waals surface area contributed by atoms with Gasteiger partial charge in [0.25, 0.3) is 0 Å². The molecule has 0 amide bonds. The summed E-state index contributed by atoms with van der Waals surface area (Å²) in [6.45, 7) is 2.83. The van der Waals surface area contributed by atoms with Gasteiger partial charge in [-0.05, 0) is 71.7 Å². The fourth-order valence-corrected chi connectivity index (χ4v) is 3.91. The summed E-state index contributed by atoms with van der Waals surface area (Å²) in [6.07, 6.45) is 5.72. The Morgan fingerprint density at radius 1 is 0.867 bits per heavy atom. The van der Waals surface area contributed by atoms with Crippen molar-refractivity contribution in [1.29, 1.82) is 0 Å². The minimum absolute atomic E-state index is 0.287. The molecule has 0 N–H and O–H groups in total. The number of benzene rings is 3.